The number of carbonyl (C=O) groups excluding carboxylic acids is 2. The number of hydrogen-bond donors (Lipinski definition) is 0. The van der Waals surface area contributed by atoms with Gasteiger partial charge in [-0.05, 0) is 27.7 Å². The number of hydrogen-bond acceptors (Lipinski definition) is 2. The van der Waals surface area contributed by atoms with Gasteiger partial charge in [0, 0.05) is 37.7 Å². The molecule has 2 nitrogen and oxygen atoms in total. The molecule has 9 heavy (non-hydrogen) atoms. The zero-order valence-electron chi connectivity index (χ0n) is 6.52. The first-order chi connectivity index (χ1) is 3.46. The fourth-order valence-corrected chi connectivity index (χ4v) is 0. The Morgan fingerprint density at radius 2 is 0.778 bits per heavy atom. The largest absolute Gasteiger partial charge is 0.300 e. The SMILES string of the molecule is CC(C)=O.CC(C)=O.[Ca]. The Morgan fingerprint density at radius 3 is 0.778 bits per heavy atom. The van der Waals surface area contributed by atoms with Crippen molar-refractivity contribution in [2.45, 2.75) is 27.7 Å². The molecule has 0 amide bonds. The molecule has 0 rings (SSSR count). The maximum absolute atomic E-state index is 9.44. The Bertz CT molecular complexity index is 69.1. The van der Waals surface area contributed by atoms with Crippen LogP contribution in [0, 0.1) is 0 Å². The van der Waals surface area contributed by atoms with Crippen LogP contribution < -0.4 is 0 Å². The molecule has 0 N–H and O–H groups in total. The summed E-state index contributed by atoms with van der Waals surface area (Å²) in [4.78, 5) is 18.9. The van der Waals surface area contributed by atoms with Gasteiger partial charge in [-0.25, -0.2) is 0 Å². The van der Waals surface area contributed by atoms with Crippen LogP contribution in [0.25, 0.3) is 0 Å². The van der Waals surface area contributed by atoms with Crippen molar-refractivity contribution in [3.8, 4) is 0 Å². The Hall–Kier alpha value is 0.600. The summed E-state index contributed by atoms with van der Waals surface area (Å²) < 4.78 is 0. The maximum atomic E-state index is 9.44. The summed E-state index contributed by atoms with van der Waals surface area (Å²) in [6.45, 7) is 6.11. The second kappa shape index (κ2) is 11.4. The molecule has 0 aromatic carbocycles. The molecule has 0 unspecified atom stereocenters. The molecular weight excluding hydrogens is 144 g/mol. The molecule has 0 aliphatic heterocycles. The molecular formula is C6H12CaO2. The zero-order valence-corrected chi connectivity index (χ0v) is 8.73. The van der Waals surface area contributed by atoms with E-state index in [9.17, 15) is 9.59 Å². The minimum absolute atomic E-state index is 0. The molecule has 0 aliphatic rings. The Labute approximate surface area is 86.0 Å². The van der Waals surface area contributed by atoms with Crippen LogP contribution in [0.4, 0.5) is 0 Å². The number of rotatable bonds is 0. The monoisotopic (exact) mass is 156 g/mol. The third-order valence-electron chi connectivity index (χ3n) is 0. The van der Waals surface area contributed by atoms with Gasteiger partial charge in [0.1, 0.15) is 11.6 Å². The maximum Gasteiger partial charge on any atom is 0.126 e. The van der Waals surface area contributed by atoms with Gasteiger partial charge in [0.05, 0.1) is 0 Å². The minimum Gasteiger partial charge on any atom is -0.300 e. The first-order valence-corrected chi connectivity index (χ1v) is 2.41. The van der Waals surface area contributed by atoms with E-state index in [2.05, 4.69) is 0 Å². The molecule has 2 radical (unpaired) electrons. The van der Waals surface area contributed by atoms with Gasteiger partial charge in [-0.1, -0.05) is 0 Å². The van der Waals surface area contributed by atoms with Crippen molar-refractivity contribution in [2.75, 3.05) is 0 Å². The van der Waals surface area contributed by atoms with Crippen LogP contribution in [-0.4, -0.2) is 49.3 Å². The van der Waals surface area contributed by atoms with Crippen LogP contribution in [0.3, 0.4) is 0 Å². The summed E-state index contributed by atoms with van der Waals surface area (Å²) in [5.74, 6) is 0.333. The Kier molecular flexibility index (Phi) is 20.7. The van der Waals surface area contributed by atoms with Crippen LogP contribution >= 0.6 is 0 Å². The Balaban J connectivity index is -0.0000000720. The topological polar surface area (TPSA) is 34.1 Å². The first kappa shape index (κ1) is 16.3. The molecule has 3 heteroatoms. The van der Waals surface area contributed by atoms with E-state index in [0.29, 0.717) is 0 Å². The van der Waals surface area contributed by atoms with Crippen molar-refractivity contribution in [3.05, 3.63) is 0 Å². The second-order valence-electron chi connectivity index (χ2n) is 1.82. The zero-order chi connectivity index (χ0) is 7.15. The summed E-state index contributed by atoms with van der Waals surface area (Å²) in [5.41, 5.74) is 0. The average Bonchev–Trinajstić information content (AvgIpc) is 1.25. The van der Waals surface area contributed by atoms with Gasteiger partial charge in [-0.3, -0.25) is 0 Å². The molecule has 50 valence electrons. The predicted octanol–water partition coefficient (Wildman–Crippen LogP) is 0.810. The minimum atomic E-state index is 0. The van der Waals surface area contributed by atoms with Crippen LogP contribution in [0.15, 0.2) is 0 Å². The van der Waals surface area contributed by atoms with Gasteiger partial charge in [-0.15, -0.1) is 0 Å². The average molecular weight is 156 g/mol. The van der Waals surface area contributed by atoms with E-state index in [1.54, 1.807) is 0 Å². The van der Waals surface area contributed by atoms with E-state index in [1.807, 2.05) is 0 Å². The first-order valence-electron chi connectivity index (χ1n) is 2.41. The normalized spacial score (nSPS) is 5.78. The van der Waals surface area contributed by atoms with E-state index in [4.69, 9.17) is 0 Å². The van der Waals surface area contributed by atoms with E-state index in [0.717, 1.165) is 0 Å². The van der Waals surface area contributed by atoms with E-state index in [-0.39, 0.29) is 49.3 Å². The molecule has 0 spiro atoms. The van der Waals surface area contributed by atoms with Gasteiger partial charge in [0.2, 0.25) is 0 Å². The van der Waals surface area contributed by atoms with Gasteiger partial charge in [0.25, 0.3) is 0 Å². The van der Waals surface area contributed by atoms with Crippen LogP contribution in [-0.2, 0) is 9.59 Å². The molecule has 0 aromatic rings. The number of ketones is 2. The van der Waals surface area contributed by atoms with E-state index >= 15 is 0 Å². The van der Waals surface area contributed by atoms with Gasteiger partial charge >= 0.3 is 0 Å². The molecule has 0 aliphatic carbocycles. The van der Waals surface area contributed by atoms with E-state index in [1.165, 1.54) is 27.7 Å². The fraction of sp³-hybridized carbons (Fsp3) is 0.667. The van der Waals surface area contributed by atoms with Gasteiger partial charge in [0.15, 0.2) is 0 Å². The standard InChI is InChI=1S/2C3H6O.Ca/c2*1-3(2)4;/h2*1-2H3;. The number of Topliss-reactive ketones (excluding diaryl/α,β-unsaturated/α-hetero) is 2. The molecule has 0 saturated carbocycles. The molecule has 0 heterocycles. The van der Waals surface area contributed by atoms with Crippen molar-refractivity contribution < 1.29 is 9.59 Å². The van der Waals surface area contributed by atoms with Gasteiger partial charge in [-0.2, -0.15) is 0 Å². The predicted molar refractivity (Wildman–Crippen MR) is 38.5 cm³/mol. The van der Waals surface area contributed by atoms with Crippen LogP contribution in [0.5, 0.6) is 0 Å². The summed E-state index contributed by atoms with van der Waals surface area (Å²) in [7, 11) is 0. The molecule has 0 atom stereocenters. The van der Waals surface area contributed by atoms with Crippen molar-refractivity contribution in [1.29, 1.82) is 0 Å². The third kappa shape index (κ3) is 1040. The van der Waals surface area contributed by atoms with Crippen molar-refractivity contribution in [2.24, 2.45) is 0 Å². The quantitative estimate of drug-likeness (QED) is 0.486. The molecule has 0 bridgehead atoms. The molecule has 0 aromatic heterocycles. The summed E-state index contributed by atoms with van der Waals surface area (Å²) >= 11 is 0. The summed E-state index contributed by atoms with van der Waals surface area (Å²) in [5, 5.41) is 0. The van der Waals surface area contributed by atoms with Crippen molar-refractivity contribution in [3.63, 3.8) is 0 Å². The molecule has 0 fully saturated rings. The van der Waals surface area contributed by atoms with Crippen molar-refractivity contribution in [1.82, 2.24) is 0 Å². The summed E-state index contributed by atoms with van der Waals surface area (Å²) in [6, 6.07) is 0. The van der Waals surface area contributed by atoms with Crippen LogP contribution in [0.2, 0.25) is 0 Å². The van der Waals surface area contributed by atoms with E-state index < -0.39 is 0 Å². The summed E-state index contributed by atoms with van der Waals surface area (Å²) in [6.07, 6.45) is 0. The third-order valence-corrected chi connectivity index (χ3v) is 0. The Morgan fingerprint density at radius 1 is 0.778 bits per heavy atom. The molecule has 0 saturated heterocycles. The van der Waals surface area contributed by atoms with Crippen LogP contribution in [0.1, 0.15) is 27.7 Å². The number of carbonyl (C=O) groups is 2. The smallest absolute Gasteiger partial charge is 0.126 e. The fourth-order valence-electron chi connectivity index (χ4n) is 0. The van der Waals surface area contributed by atoms with Gasteiger partial charge < -0.3 is 9.59 Å². The second-order valence-corrected chi connectivity index (χ2v) is 1.82. The van der Waals surface area contributed by atoms with Crippen molar-refractivity contribution >= 4 is 49.3 Å².